The van der Waals surface area contributed by atoms with Crippen LogP contribution in [-0.2, 0) is 4.79 Å². The second-order valence-corrected chi connectivity index (χ2v) is 4.37. The fourth-order valence-corrected chi connectivity index (χ4v) is 1.82. The third kappa shape index (κ3) is 3.92. The number of amides is 1. The molecular weight excluding hydrogens is 284 g/mol. The smallest absolute Gasteiger partial charge is 0.280 e. The van der Waals surface area contributed by atoms with Gasteiger partial charge in [-0.15, -0.1) is 0 Å². The Labute approximate surface area is 127 Å². The maximum Gasteiger partial charge on any atom is 0.280 e. The molecule has 0 spiro atoms. The summed E-state index contributed by atoms with van der Waals surface area (Å²) in [7, 11) is 1.43. The zero-order valence-electron chi connectivity index (χ0n) is 11.9. The van der Waals surface area contributed by atoms with Crippen LogP contribution in [0.1, 0.15) is 5.56 Å². The number of nitrogens with one attached hydrogen (secondary N) is 1. The van der Waals surface area contributed by atoms with Crippen LogP contribution in [-0.4, -0.2) is 17.9 Å². The molecule has 0 radical (unpaired) electrons. The molecule has 0 heterocycles. The molecule has 2 rings (SSSR count). The molecule has 6 nitrogen and oxygen atoms in total. The number of carbonyl (C=O) groups excluding carboxylic acids is 1. The van der Waals surface area contributed by atoms with Gasteiger partial charge in [-0.1, -0.05) is 18.2 Å². The predicted molar refractivity (Wildman–Crippen MR) is 83.8 cm³/mol. The van der Waals surface area contributed by atoms with Crippen LogP contribution in [0.15, 0.2) is 54.6 Å². The normalized spacial score (nSPS) is 10.4. The van der Waals surface area contributed by atoms with Crippen molar-refractivity contribution in [2.45, 2.75) is 0 Å². The highest BCUT2D eigenvalue weighted by atomic mass is 16.6. The second-order valence-electron chi connectivity index (χ2n) is 4.37. The molecule has 0 atom stereocenters. The van der Waals surface area contributed by atoms with Gasteiger partial charge in [-0.25, -0.2) is 0 Å². The average molecular weight is 298 g/mol. The third-order valence-corrected chi connectivity index (χ3v) is 2.89. The van der Waals surface area contributed by atoms with E-state index in [4.69, 9.17) is 4.74 Å². The lowest BCUT2D eigenvalue weighted by Gasteiger charge is -2.03. The number of nitrogens with zero attached hydrogens (tertiary/aromatic N) is 1. The van der Waals surface area contributed by atoms with Crippen LogP contribution in [0.5, 0.6) is 5.75 Å². The first-order valence-electron chi connectivity index (χ1n) is 6.46. The van der Waals surface area contributed by atoms with E-state index in [-0.39, 0.29) is 11.6 Å². The minimum absolute atomic E-state index is 0.122. The summed E-state index contributed by atoms with van der Waals surface area (Å²) in [5.74, 6) is 0.0221. The van der Waals surface area contributed by atoms with Crippen molar-refractivity contribution >= 4 is 23.4 Å². The summed E-state index contributed by atoms with van der Waals surface area (Å²) < 4.78 is 4.96. The zero-order valence-corrected chi connectivity index (χ0v) is 11.9. The van der Waals surface area contributed by atoms with Gasteiger partial charge < -0.3 is 10.1 Å². The van der Waals surface area contributed by atoms with Crippen LogP contribution in [0.3, 0.4) is 0 Å². The Morgan fingerprint density at radius 3 is 2.59 bits per heavy atom. The van der Waals surface area contributed by atoms with E-state index in [1.54, 1.807) is 30.3 Å². The fraction of sp³-hybridized carbons (Fsp3) is 0.0625. The number of rotatable bonds is 5. The van der Waals surface area contributed by atoms with E-state index in [9.17, 15) is 14.9 Å². The number of ether oxygens (including phenoxy) is 1. The van der Waals surface area contributed by atoms with Crippen LogP contribution in [0.4, 0.5) is 11.4 Å². The predicted octanol–water partition coefficient (Wildman–Crippen LogP) is 3.26. The summed E-state index contributed by atoms with van der Waals surface area (Å²) in [6.45, 7) is 0. The molecule has 0 unspecified atom stereocenters. The van der Waals surface area contributed by atoms with E-state index in [1.165, 1.54) is 31.4 Å². The molecule has 0 aromatic heterocycles. The maximum atomic E-state index is 11.8. The summed E-state index contributed by atoms with van der Waals surface area (Å²) in [4.78, 5) is 22.3. The van der Waals surface area contributed by atoms with Gasteiger partial charge in [-0.2, -0.15) is 0 Å². The molecule has 112 valence electrons. The maximum absolute atomic E-state index is 11.8. The highest BCUT2D eigenvalue weighted by Crippen LogP contribution is 2.25. The van der Waals surface area contributed by atoms with Crippen molar-refractivity contribution in [3.05, 3.63) is 70.3 Å². The van der Waals surface area contributed by atoms with Gasteiger partial charge >= 0.3 is 0 Å². The first kappa shape index (κ1) is 15.2. The summed E-state index contributed by atoms with van der Waals surface area (Å²) in [6, 6.07) is 13.4. The Hall–Kier alpha value is -3.15. The van der Waals surface area contributed by atoms with Crippen molar-refractivity contribution in [2.24, 2.45) is 0 Å². The molecule has 1 amide bonds. The summed E-state index contributed by atoms with van der Waals surface area (Å²) in [5.41, 5.74) is 0.860. The Balaban J connectivity index is 2.15. The monoisotopic (exact) mass is 298 g/mol. The Morgan fingerprint density at radius 1 is 1.23 bits per heavy atom. The van der Waals surface area contributed by atoms with Gasteiger partial charge in [0, 0.05) is 11.8 Å². The van der Waals surface area contributed by atoms with Crippen LogP contribution in [0.25, 0.3) is 6.08 Å². The van der Waals surface area contributed by atoms with Gasteiger partial charge in [0.15, 0.2) is 0 Å². The number of hydrogen-bond donors (Lipinski definition) is 1. The highest BCUT2D eigenvalue weighted by molar-refractivity contribution is 6.02. The summed E-state index contributed by atoms with van der Waals surface area (Å²) in [6.07, 6.45) is 2.65. The summed E-state index contributed by atoms with van der Waals surface area (Å²) >= 11 is 0. The topological polar surface area (TPSA) is 81.5 Å². The lowest BCUT2D eigenvalue weighted by molar-refractivity contribution is -0.385. The van der Waals surface area contributed by atoms with Crippen molar-refractivity contribution in [1.82, 2.24) is 0 Å². The molecule has 0 saturated carbocycles. The van der Waals surface area contributed by atoms with Crippen LogP contribution >= 0.6 is 0 Å². The molecular formula is C16H14N2O4. The number of carbonyl (C=O) groups is 1. The molecule has 0 bridgehead atoms. The van der Waals surface area contributed by atoms with Gasteiger partial charge in [-0.05, 0) is 30.3 Å². The van der Waals surface area contributed by atoms with Crippen LogP contribution in [0.2, 0.25) is 0 Å². The average Bonchev–Trinajstić information content (AvgIpc) is 2.53. The Morgan fingerprint density at radius 2 is 1.95 bits per heavy atom. The van der Waals surface area contributed by atoms with Crippen LogP contribution in [0, 0.1) is 10.1 Å². The Kier molecular flexibility index (Phi) is 4.87. The SMILES string of the molecule is COc1ccc(C=CC(=O)Nc2ccccc2)c([N+](=O)[O-])c1. The molecule has 2 aromatic carbocycles. The van der Waals surface area contributed by atoms with Gasteiger partial charge in [0.05, 0.1) is 23.7 Å². The molecule has 0 aliphatic rings. The van der Waals surface area contributed by atoms with E-state index in [2.05, 4.69) is 5.32 Å². The molecule has 6 heteroatoms. The van der Waals surface area contributed by atoms with Crippen molar-refractivity contribution in [1.29, 1.82) is 0 Å². The molecule has 22 heavy (non-hydrogen) atoms. The first-order chi connectivity index (χ1) is 10.6. The van der Waals surface area contributed by atoms with Gasteiger partial charge in [0.25, 0.3) is 5.69 Å². The number of benzene rings is 2. The van der Waals surface area contributed by atoms with Crippen LogP contribution < -0.4 is 10.1 Å². The van der Waals surface area contributed by atoms with Gasteiger partial charge in [0.2, 0.25) is 5.91 Å². The quantitative estimate of drug-likeness (QED) is 0.522. The van der Waals surface area contributed by atoms with E-state index in [0.29, 0.717) is 17.0 Å². The zero-order chi connectivity index (χ0) is 15.9. The lowest BCUT2D eigenvalue weighted by atomic mass is 10.1. The molecule has 0 aliphatic carbocycles. The number of hydrogen-bond acceptors (Lipinski definition) is 4. The van der Waals surface area contributed by atoms with E-state index < -0.39 is 4.92 Å². The first-order valence-corrected chi connectivity index (χ1v) is 6.46. The van der Waals surface area contributed by atoms with Gasteiger partial charge in [-0.3, -0.25) is 14.9 Å². The van der Waals surface area contributed by atoms with Crippen molar-refractivity contribution in [3.8, 4) is 5.75 Å². The minimum atomic E-state index is -0.517. The summed E-state index contributed by atoms with van der Waals surface area (Å²) in [5, 5.41) is 13.7. The number of nitro groups is 1. The molecule has 0 aliphatic heterocycles. The Bertz CT molecular complexity index is 711. The number of para-hydroxylation sites is 1. The molecule has 1 N–H and O–H groups in total. The minimum Gasteiger partial charge on any atom is -0.497 e. The van der Waals surface area contributed by atoms with E-state index in [1.807, 2.05) is 6.07 Å². The number of nitro benzene ring substituents is 1. The number of anilines is 1. The molecule has 0 fully saturated rings. The highest BCUT2D eigenvalue weighted by Gasteiger charge is 2.13. The van der Waals surface area contributed by atoms with Crippen molar-refractivity contribution < 1.29 is 14.5 Å². The third-order valence-electron chi connectivity index (χ3n) is 2.89. The lowest BCUT2D eigenvalue weighted by Crippen LogP contribution is -2.07. The van der Waals surface area contributed by atoms with Crippen molar-refractivity contribution in [3.63, 3.8) is 0 Å². The molecule has 0 saturated heterocycles. The van der Waals surface area contributed by atoms with E-state index >= 15 is 0 Å². The second kappa shape index (κ2) is 7.03. The molecule has 2 aromatic rings. The largest absolute Gasteiger partial charge is 0.497 e. The van der Waals surface area contributed by atoms with Crippen molar-refractivity contribution in [2.75, 3.05) is 12.4 Å². The standard InChI is InChI=1S/C16H14N2O4/c1-22-14-9-7-12(15(11-14)18(20)21)8-10-16(19)17-13-5-3-2-4-6-13/h2-11H,1H3,(H,17,19). The number of methoxy groups -OCH3 is 1. The van der Waals surface area contributed by atoms with Gasteiger partial charge in [0.1, 0.15) is 5.75 Å². The fourth-order valence-electron chi connectivity index (χ4n) is 1.82. The van der Waals surface area contributed by atoms with E-state index in [0.717, 1.165) is 0 Å².